The van der Waals surface area contributed by atoms with Crippen LogP contribution in [0.2, 0.25) is 5.02 Å². The van der Waals surface area contributed by atoms with E-state index in [9.17, 15) is 4.39 Å². The second kappa shape index (κ2) is 11.4. The lowest BCUT2D eigenvalue weighted by Crippen LogP contribution is -2.27. The van der Waals surface area contributed by atoms with Crippen LogP contribution in [0.25, 0.3) is 10.8 Å². The van der Waals surface area contributed by atoms with Crippen LogP contribution in [0.1, 0.15) is 62.0 Å². The molecule has 0 radical (unpaired) electrons. The van der Waals surface area contributed by atoms with Crippen molar-refractivity contribution in [1.29, 1.82) is 0 Å². The maximum Gasteiger partial charge on any atom is 0.183 e. The number of hydrogen-bond acceptors (Lipinski definition) is 2. The molecule has 1 heterocycles. The Hall–Kier alpha value is -2.01. The monoisotopic (exact) mass is 472 g/mol. The summed E-state index contributed by atoms with van der Waals surface area (Å²) in [5.74, 6) is -0.227. The normalized spacial score (nSPS) is 18.7. The van der Waals surface area contributed by atoms with Gasteiger partial charge in [0.05, 0.1) is 18.2 Å². The molecule has 1 aliphatic heterocycles. The standard InChI is InChI=1S/C28H31ClF2O2/c1-2-3-4-5-6-20-17-32-28(33-18-20)23-12-13-24-22(16-23)11-10-21(27(24)31)9-7-19-8-14-25(29)26(30)15-19/h8,10-16,20,28H,2-7,9,17-18H2,1H3. The summed E-state index contributed by atoms with van der Waals surface area (Å²) < 4.78 is 40.8. The first-order valence-corrected chi connectivity index (χ1v) is 12.3. The fourth-order valence-electron chi connectivity index (χ4n) is 4.43. The zero-order valence-corrected chi connectivity index (χ0v) is 19.8. The van der Waals surface area contributed by atoms with E-state index in [-0.39, 0.29) is 10.8 Å². The van der Waals surface area contributed by atoms with Crippen molar-refractivity contribution in [3.63, 3.8) is 0 Å². The van der Waals surface area contributed by atoms with Crippen LogP contribution >= 0.6 is 11.6 Å². The summed E-state index contributed by atoms with van der Waals surface area (Å²) in [7, 11) is 0. The third kappa shape index (κ3) is 6.11. The minimum atomic E-state index is -0.448. The molecule has 1 aliphatic rings. The SMILES string of the molecule is CCCCCCC1COC(c2ccc3c(F)c(CCc4ccc(Cl)c(F)c4)ccc3c2)OC1. The second-order valence-corrected chi connectivity index (χ2v) is 9.39. The first-order chi connectivity index (χ1) is 16.0. The van der Waals surface area contributed by atoms with Crippen LogP contribution in [0.5, 0.6) is 0 Å². The van der Waals surface area contributed by atoms with E-state index in [0.29, 0.717) is 42.9 Å². The molecule has 0 amide bonds. The van der Waals surface area contributed by atoms with Crippen LogP contribution in [0, 0.1) is 17.6 Å². The highest BCUT2D eigenvalue weighted by Gasteiger charge is 2.23. The predicted octanol–water partition coefficient (Wildman–Crippen LogP) is 8.19. The molecule has 33 heavy (non-hydrogen) atoms. The lowest BCUT2D eigenvalue weighted by Gasteiger charge is -2.30. The molecule has 0 aromatic heterocycles. The highest BCUT2D eigenvalue weighted by atomic mass is 35.5. The van der Waals surface area contributed by atoms with Gasteiger partial charge in [0, 0.05) is 16.9 Å². The fourth-order valence-corrected chi connectivity index (χ4v) is 4.55. The Morgan fingerprint density at radius 2 is 1.73 bits per heavy atom. The zero-order valence-electron chi connectivity index (χ0n) is 19.1. The lowest BCUT2D eigenvalue weighted by atomic mass is 9.98. The number of halogens is 3. The van der Waals surface area contributed by atoms with Gasteiger partial charge < -0.3 is 9.47 Å². The number of unbranched alkanes of at least 4 members (excludes halogenated alkanes) is 3. The van der Waals surface area contributed by atoms with Crippen LogP contribution in [0.3, 0.4) is 0 Å². The predicted molar refractivity (Wildman–Crippen MR) is 130 cm³/mol. The average molecular weight is 473 g/mol. The molecule has 0 unspecified atom stereocenters. The number of aryl methyl sites for hydroxylation is 2. The van der Waals surface area contributed by atoms with E-state index in [4.69, 9.17) is 21.1 Å². The molecule has 0 bridgehead atoms. The third-order valence-electron chi connectivity index (χ3n) is 6.43. The smallest absolute Gasteiger partial charge is 0.183 e. The number of hydrogen-bond donors (Lipinski definition) is 0. The van der Waals surface area contributed by atoms with Crippen molar-refractivity contribution in [2.45, 2.75) is 58.2 Å². The summed E-state index contributed by atoms with van der Waals surface area (Å²) in [5.41, 5.74) is 2.32. The summed E-state index contributed by atoms with van der Waals surface area (Å²) >= 11 is 5.74. The molecule has 1 saturated heterocycles. The quantitative estimate of drug-likeness (QED) is 0.292. The largest absolute Gasteiger partial charge is 0.348 e. The van der Waals surface area contributed by atoms with Gasteiger partial charge in [-0.15, -0.1) is 0 Å². The van der Waals surface area contributed by atoms with Gasteiger partial charge >= 0.3 is 0 Å². The highest BCUT2D eigenvalue weighted by Crippen LogP contribution is 2.31. The summed E-state index contributed by atoms with van der Waals surface area (Å²) in [6, 6.07) is 14.1. The molecule has 0 spiro atoms. The summed E-state index contributed by atoms with van der Waals surface area (Å²) in [6.07, 6.45) is 6.78. The minimum Gasteiger partial charge on any atom is -0.348 e. The van der Waals surface area contributed by atoms with Crippen molar-refractivity contribution < 1.29 is 18.3 Å². The minimum absolute atomic E-state index is 0.0971. The van der Waals surface area contributed by atoms with E-state index >= 15 is 4.39 Å². The van der Waals surface area contributed by atoms with E-state index in [1.807, 2.05) is 24.3 Å². The number of benzene rings is 3. The molecule has 0 atom stereocenters. The highest BCUT2D eigenvalue weighted by molar-refractivity contribution is 6.30. The molecular weight excluding hydrogens is 442 g/mol. The summed E-state index contributed by atoms with van der Waals surface area (Å²) in [4.78, 5) is 0. The molecule has 1 fully saturated rings. The third-order valence-corrected chi connectivity index (χ3v) is 6.74. The van der Waals surface area contributed by atoms with Crippen molar-refractivity contribution in [1.82, 2.24) is 0 Å². The second-order valence-electron chi connectivity index (χ2n) is 8.98. The maximum absolute atomic E-state index is 15.2. The Morgan fingerprint density at radius 1 is 0.909 bits per heavy atom. The Morgan fingerprint density at radius 3 is 2.48 bits per heavy atom. The molecule has 4 rings (SSSR count). The molecule has 0 aliphatic carbocycles. The van der Waals surface area contributed by atoms with Gasteiger partial charge in [-0.25, -0.2) is 8.78 Å². The van der Waals surface area contributed by atoms with Gasteiger partial charge in [0.15, 0.2) is 6.29 Å². The van der Waals surface area contributed by atoms with Crippen LogP contribution < -0.4 is 0 Å². The molecule has 3 aromatic rings. The van der Waals surface area contributed by atoms with Crippen molar-refractivity contribution in [3.05, 3.63) is 81.9 Å². The Balaban J connectivity index is 1.38. The van der Waals surface area contributed by atoms with E-state index < -0.39 is 12.1 Å². The van der Waals surface area contributed by atoms with E-state index in [1.54, 1.807) is 12.1 Å². The van der Waals surface area contributed by atoms with Crippen LogP contribution in [-0.4, -0.2) is 13.2 Å². The fraction of sp³-hybridized carbons (Fsp3) is 0.429. The summed E-state index contributed by atoms with van der Waals surface area (Å²) in [6.45, 7) is 3.62. The number of fused-ring (bicyclic) bond motifs is 1. The topological polar surface area (TPSA) is 18.5 Å². The Kier molecular flexibility index (Phi) is 8.34. The van der Waals surface area contributed by atoms with Gasteiger partial charge in [0.2, 0.25) is 0 Å². The lowest BCUT2D eigenvalue weighted by molar-refractivity contribution is -0.206. The van der Waals surface area contributed by atoms with Gasteiger partial charge in [-0.1, -0.05) is 74.5 Å². The van der Waals surface area contributed by atoms with Crippen molar-refractivity contribution in [3.8, 4) is 0 Å². The molecular formula is C28H31ClF2O2. The van der Waals surface area contributed by atoms with Gasteiger partial charge in [-0.05, 0) is 54.0 Å². The first kappa shape index (κ1) is 24.1. The Bertz CT molecular complexity index is 1080. The molecule has 0 saturated carbocycles. The number of ether oxygens (including phenoxy) is 2. The number of rotatable bonds is 9. The Labute approximate surface area is 199 Å². The summed E-state index contributed by atoms with van der Waals surface area (Å²) in [5, 5.41) is 1.49. The van der Waals surface area contributed by atoms with Gasteiger partial charge in [-0.2, -0.15) is 0 Å². The van der Waals surface area contributed by atoms with Crippen molar-refractivity contribution in [2.24, 2.45) is 5.92 Å². The van der Waals surface area contributed by atoms with E-state index in [1.165, 1.54) is 37.8 Å². The van der Waals surface area contributed by atoms with Crippen molar-refractivity contribution in [2.75, 3.05) is 13.2 Å². The van der Waals surface area contributed by atoms with E-state index in [0.717, 1.165) is 22.9 Å². The molecule has 176 valence electrons. The van der Waals surface area contributed by atoms with Gasteiger partial charge in [-0.3, -0.25) is 0 Å². The van der Waals surface area contributed by atoms with Crippen LogP contribution in [0.15, 0.2) is 48.5 Å². The van der Waals surface area contributed by atoms with Crippen LogP contribution in [-0.2, 0) is 22.3 Å². The molecule has 5 heteroatoms. The average Bonchev–Trinajstić information content (AvgIpc) is 2.84. The maximum atomic E-state index is 15.2. The first-order valence-electron chi connectivity index (χ1n) is 11.9. The molecule has 2 nitrogen and oxygen atoms in total. The van der Waals surface area contributed by atoms with Gasteiger partial charge in [0.1, 0.15) is 11.6 Å². The zero-order chi connectivity index (χ0) is 23.2. The van der Waals surface area contributed by atoms with Crippen molar-refractivity contribution >= 4 is 22.4 Å². The molecule has 0 N–H and O–H groups in total. The van der Waals surface area contributed by atoms with E-state index in [2.05, 4.69) is 6.92 Å². The van der Waals surface area contributed by atoms with Crippen LogP contribution in [0.4, 0.5) is 8.78 Å². The van der Waals surface area contributed by atoms with Gasteiger partial charge in [0.25, 0.3) is 0 Å². The molecule has 3 aromatic carbocycles.